The van der Waals surface area contributed by atoms with Crippen LogP contribution < -0.4 is 5.73 Å². The van der Waals surface area contributed by atoms with Gasteiger partial charge in [-0.05, 0) is 24.5 Å². The van der Waals surface area contributed by atoms with Crippen LogP contribution in [-0.4, -0.2) is 10.1 Å². The molecule has 0 amide bonds. The lowest BCUT2D eigenvalue weighted by Crippen LogP contribution is -2.37. The number of nitrogens with zero attached hydrogens (tertiary/aromatic N) is 1. The average molecular weight is 303 g/mol. The van der Waals surface area contributed by atoms with Crippen LogP contribution in [0.25, 0.3) is 0 Å². The lowest BCUT2D eigenvalue weighted by molar-refractivity contribution is -0.0219. The molecule has 2 atom stereocenters. The molecule has 3 nitrogen and oxygen atoms in total. The highest BCUT2D eigenvalue weighted by Crippen LogP contribution is 2.48. The zero-order chi connectivity index (χ0) is 14.9. The molecular weight excluding hydrogens is 284 g/mol. The third-order valence-corrected chi connectivity index (χ3v) is 4.64. The van der Waals surface area contributed by atoms with Gasteiger partial charge in [-0.3, -0.25) is 0 Å². The summed E-state index contributed by atoms with van der Waals surface area (Å²) in [7, 11) is 0. The SMILES string of the molecule is Nc1ncc(Cl)cc1C1(O)CCCCC1c1ccccc1. The monoisotopic (exact) mass is 302 g/mol. The number of nitrogen functional groups attached to an aromatic ring is 1. The van der Waals surface area contributed by atoms with Gasteiger partial charge in [0.1, 0.15) is 11.4 Å². The Bertz CT molecular complexity index is 632. The van der Waals surface area contributed by atoms with Gasteiger partial charge in [0.25, 0.3) is 0 Å². The summed E-state index contributed by atoms with van der Waals surface area (Å²) in [6, 6.07) is 11.9. The minimum Gasteiger partial charge on any atom is -0.384 e. The van der Waals surface area contributed by atoms with Crippen LogP contribution in [0.15, 0.2) is 42.6 Å². The fourth-order valence-electron chi connectivity index (χ4n) is 3.40. The van der Waals surface area contributed by atoms with E-state index in [-0.39, 0.29) is 5.92 Å². The molecule has 1 aliphatic rings. The van der Waals surface area contributed by atoms with Gasteiger partial charge in [0, 0.05) is 17.7 Å². The zero-order valence-corrected chi connectivity index (χ0v) is 12.6. The van der Waals surface area contributed by atoms with E-state index in [0.717, 1.165) is 24.8 Å². The van der Waals surface area contributed by atoms with E-state index in [0.29, 0.717) is 22.8 Å². The molecule has 2 unspecified atom stereocenters. The van der Waals surface area contributed by atoms with E-state index in [2.05, 4.69) is 17.1 Å². The summed E-state index contributed by atoms with van der Waals surface area (Å²) in [5, 5.41) is 11.9. The van der Waals surface area contributed by atoms with Gasteiger partial charge in [-0.1, -0.05) is 54.8 Å². The molecule has 0 aliphatic heterocycles. The Hall–Kier alpha value is -1.58. The van der Waals surface area contributed by atoms with Crippen molar-refractivity contribution >= 4 is 17.4 Å². The van der Waals surface area contributed by atoms with Crippen molar-refractivity contribution in [1.82, 2.24) is 4.98 Å². The fraction of sp³-hybridized carbons (Fsp3) is 0.353. The van der Waals surface area contributed by atoms with E-state index in [4.69, 9.17) is 17.3 Å². The molecule has 1 aromatic heterocycles. The molecule has 0 radical (unpaired) electrons. The zero-order valence-electron chi connectivity index (χ0n) is 11.8. The van der Waals surface area contributed by atoms with Gasteiger partial charge in [0.05, 0.1) is 5.02 Å². The van der Waals surface area contributed by atoms with Crippen molar-refractivity contribution in [3.05, 3.63) is 58.7 Å². The third-order valence-electron chi connectivity index (χ3n) is 4.43. The van der Waals surface area contributed by atoms with E-state index >= 15 is 0 Å². The van der Waals surface area contributed by atoms with Crippen LogP contribution in [0, 0.1) is 0 Å². The first-order chi connectivity index (χ1) is 10.1. The molecule has 2 aromatic rings. The van der Waals surface area contributed by atoms with Crippen LogP contribution in [-0.2, 0) is 5.60 Å². The number of pyridine rings is 1. The highest BCUT2D eigenvalue weighted by atomic mass is 35.5. The van der Waals surface area contributed by atoms with Gasteiger partial charge in [-0.15, -0.1) is 0 Å². The predicted octanol–water partition coefficient (Wildman–Crippen LogP) is 3.86. The molecular formula is C17H19ClN2O. The van der Waals surface area contributed by atoms with Crippen LogP contribution in [0.2, 0.25) is 5.02 Å². The Kier molecular flexibility index (Phi) is 3.87. The van der Waals surface area contributed by atoms with Gasteiger partial charge in [0.15, 0.2) is 0 Å². The standard InChI is InChI=1S/C17H19ClN2O/c18-13-10-15(16(19)20-11-13)17(21)9-5-4-8-14(17)12-6-2-1-3-7-12/h1-3,6-7,10-11,14,21H,4-5,8-9H2,(H2,19,20). The van der Waals surface area contributed by atoms with Gasteiger partial charge in [-0.25, -0.2) is 4.98 Å². The number of hydrogen-bond donors (Lipinski definition) is 2. The lowest BCUT2D eigenvalue weighted by atomic mass is 9.69. The maximum Gasteiger partial charge on any atom is 0.129 e. The Balaban J connectivity index is 2.09. The summed E-state index contributed by atoms with van der Waals surface area (Å²) in [6.45, 7) is 0. The first kappa shape index (κ1) is 14.4. The van der Waals surface area contributed by atoms with Crippen molar-refractivity contribution in [2.45, 2.75) is 37.2 Å². The van der Waals surface area contributed by atoms with Crippen LogP contribution in [0.5, 0.6) is 0 Å². The third kappa shape index (κ3) is 2.63. The number of hydrogen-bond acceptors (Lipinski definition) is 3. The Morgan fingerprint density at radius 1 is 1.24 bits per heavy atom. The van der Waals surface area contributed by atoms with Gasteiger partial charge >= 0.3 is 0 Å². The Labute approximate surface area is 129 Å². The normalized spacial score (nSPS) is 25.7. The highest BCUT2D eigenvalue weighted by Gasteiger charge is 2.42. The molecule has 0 spiro atoms. The molecule has 1 aromatic carbocycles. The van der Waals surface area contributed by atoms with E-state index < -0.39 is 5.60 Å². The van der Waals surface area contributed by atoms with E-state index in [9.17, 15) is 5.11 Å². The summed E-state index contributed by atoms with van der Waals surface area (Å²) in [5.74, 6) is 0.389. The summed E-state index contributed by atoms with van der Waals surface area (Å²) >= 11 is 6.06. The summed E-state index contributed by atoms with van der Waals surface area (Å²) in [4.78, 5) is 4.11. The van der Waals surface area contributed by atoms with Gasteiger partial charge < -0.3 is 10.8 Å². The molecule has 3 N–H and O–H groups in total. The summed E-state index contributed by atoms with van der Waals surface area (Å²) in [6.07, 6.45) is 5.22. The van der Waals surface area contributed by atoms with Crippen LogP contribution in [0.3, 0.4) is 0 Å². The quantitative estimate of drug-likeness (QED) is 0.885. The maximum absolute atomic E-state index is 11.4. The van der Waals surface area contributed by atoms with E-state index in [1.54, 1.807) is 6.07 Å². The number of anilines is 1. The first-order valence-electron chi connectivity index (χ1n) is 7.30. The minimum atomic E-state index is -0.998. The van der Waals surface area contributed by atoms with Crippen molar-refractivity contribution in [3.8, 4) is 0 Å². The van der Waals surface area contributed by atoms with Gasteiger partial charge in [0.2, 0.25) is 0 Å². The second kappa shape index (κ2) is 5.66. The molecule has 0 saturated heterocycles. The number of benzene rings is 1. The number of aliphatic hydroxyl groups is 1. The molecule has 0 bridgehead atoms. The topological polar surface area (TPSA) is 59.1 Å². The Morgan fingerprint density at radius 3 is 2.76 bits per heavy atom. The fourth-order valence-corrected chi connectivity index (χ4v) is 3.56. The average Bonchev–Trinajstić information content (AvgIpc) is 2.51. The first-order valence-corrected chi connectivity index (χ1v) is 7.68. The molecule has 1 heterocycles. The maximum atomic E-state index is 11.4. The molecule has 3 rings (SSSR count). The predicted molar refractivity (Wildman–Crippen MR) is 85.2 cm³/mol. The minimum absolute atomic E-state index is 0.0232. The second-order valence-corrected chi connectivity index (χ2v) is 6.16. The smallest absolute Gasteiger partial charge is 0.129 e. The number of nitrogens with two attached hydrogens (primary N) is 1. The summed E-state index contributed by atoms with van der Waals surface area (Å²) in [5.41, 5.74) is 6.81. The second-order valence-electron chi connectivity index (χ2n) is 5.72. The lowest BCUT2D eigenvalue weighted by Gasteiger charge is -2.41. The van der Waals surface area contributed by atoms with Crippen LogP contribution in [0.4, 0.5) is 5.82 Å². The van der Waals surface area contributed by atoms with E-state index in [1.165, 1.54) is 6.20 Å². The number of aromatic nitrogens is 1. The number of halogens is 1. The van der Waals surface area contributed by atoms with Crippen molar-refractivity contribution in [1.29, 1.82) is 0 Å². The molecule has 1 fully saturated rings. The van der Waals surface area contributed by atoms with Crippen molar-refractivity contribution in [3.63, 3.8) is 0 Å². The molecule has 1 saturated carbocycles. The van der Waals surface area contributed by atoms with Gasteiger partial charge in [-0.2, -0.15) is 0 Å². The van der Waals surface area contributed by atoms with E-state index in [1.807, 2.05) is 18.2 Å². The van der Waals surface area contributed by atoms with Crippen molar-refractivity contribution in [2.24, 2.45) is 0 Å². The number of rotatable bonds is 2. The van der Waals surface area contributed by atoms with Crippen LogP contribution >= 0.6 is 11.6 Å². The van der Waals surface area contributed by atoms with Crippen molar-refractivity contribution < 1.29 is 5.11 Å². The molecule has 21 heavy (non-hydrogen) atoms. The van der Waals surface area contributed by atoms with Crippen molar-refractivity contribution in [2.75, 3.05) is 5.73 Å². The summed E-state index contributed by atoms with van der Waals surface area (Å²) < 4.78 is 0. The molecule has 4 heteroatoms. The molecule has 1 aliphatic carbocycles. The largest absolute Gasteiger partial charge is 0.384 e. The Morgan fingerprint density at radius 2 is 2.00 bits per heavy atom. The molecule has 110 valence electrons. The van der Waals surface area contributed by atoms with Crippen LogP contribution in [0.1, 0.15) is 42.7 Å². The highest BCUT2D eigenvalue weighted by molar-refractivity contribution is 6.30.